The number of hydrogen-bond donors (Lipinski definition) is 0. The van der Waals surface area contributed by atoms with Crippen LogP contribution in [0.5, 0.6) is 0 Å². The van der Waals surface area contributed by atoms with Crippen LogP contribution in [0.4, 0.5) is 0 Å². The lowest BCUT2D eigenvalue weighted by molar-refractivity contribution is -0.131. The minimum Gasteiger partial charge on any atom is -0.345 e. The molecule has 0 N–H and O–H groups in total. The highest BCUT2D eigenvalue weighted by Gasteiger charge is 2.51. The normalized spacial score (nSPS) is 28.5. The second-order valence-corrected chi connectivity index (χ2v) is 10.6. The van der Waals surface area contributed by atoms with E-state index in [-0.39, 0.29) is 16.9 Å². The van der Waals surface area contributed by atoms with Crippen molar-refractivity contribution >= 4 is 11.8 Å². The Morgan fingerprint density at radius 2 is 1.69 bits per heavy atom. The molecule has 0 aromatic heterocycles. The van der Waals surface area contributed by atoms with Crippen LogP contribution in [0.2, 0.25) is 0 Å². The van der Waals surface area contributed by atoms with Gasteiger partial charge in [0.05, 0.1) is 11.0 Å². The average Bonchev–Trinajstić information content (AvgIpc) is 3.50. The molecule has 0 bridgehead atoms. The average molecular weight is 429 g/mol. The molecule has 2 amide bonds. The van der Waals surface area contributed by atoms with Crippen molar-refractivity contribution in [1.82, 2.24) is 9.80 Å². The summed E-state index contributed by atoms with van der Waals surface area (Å²) in [7, 11) is 3.93. The summed E-state index contributed by atoms with van der Waals surface area (Å²) < 4.78 is 0. The number of hydrogen-bond acceptors (Lipinski definition) is 2. The highest BCUT2D eigenvalue weighted by Crippen LogP contribution is 2.50. The van der Waals surface area contributed by atoms with Crippen LogP contribution in [0, 0.1) is 6.92 Å². The van der Waals surface area contributed by atoms with E-state index in [9.17, 15) is 9.59 Å². The number of likely N-dealkylation sites (tertiary alicyclic amines) is 2. The first-order chi connectivity index (χ1) is 15.4. The van der Waals surface area contributed by atoms with Crippen molar-refractivity contribution in [1.29, 1.82) is 0 Å². The van der Waals surface area contributed by atoms with Crippen LogP contribution in [-0.2, 0) is 39.8 Å². The minimum atomic E-state index is -0.287. The van der Waals surface area contributed by atoms with Crippen molar-refractivity contribution in [3.63, 3.8) is 0 Å². The lowest BCUT2D eigenvalue weighted by atomic mass is 9.79. The Labute approximate surface area is 190 Å². The fourth-order valence-corrected chi connectivity index (χ4v) is 7.35. The van der Waals surface area contributed by atoms with Crippen LogP contribution in [0.1, 0.15) is 71.0 Å². The van der Waals surface area contributed by atoms with Crippen LogP contribution in [0.25, 0.3) is 0 Å². The number of rotatable bonds is 2. The van der Waals surface area contributed by atoms with Crippen LogP contribution < -0.4 is 0 Å². The summed E-state index contributed by atoms with van der Waals surface area (Å²) in [6.07, 6.45) is 7.50. The maximum absolute atomic E-state index is 13.0. The Morgan fingerprint density at radius 1 is 0.906 bits per heavy atom. The molecule has 32 heavy (non-hydrogen) atoms. The Bertz CT molecular complexity index is 1170. The van der Waals surface area contributed by atoms with Gasteiger partial charge in [-0.2, -0.15) is 0 Å². The number of benzene rings is 2. The van der Waals surface area contributed by atoms with Crippen molar-refractivity contribution < 1.29 is 9.59 Å². The van der Waals surface area contributed by atoms with Crippen molar-refractivity contribution in [2.45, 2.75) is 69.2 Å². The topological polar surface area (TPSA) is 40.6 Å². The molecule has 0 radical (unpaired) electrons. The maximum Gasteiger partial charge on any atom is 0.233 e. The zero-order chi connectivity index (χ0) is 22.3. The maximum atomic E-state index is 13.0. The largest absolute Gasteiger partial charge is 0.345 e. The summed E-state index contributed by atoms with van der Waals surface area (Å²) in [6, 6.07) is 11.4. The highest BCUT2D eigenvalue weighted by molar-refractivity contribution is 5.91. The number of likely N-dealkylation sites (N-methyl/N-ethyl adjacent to an activating group) is 1. The molecule has 2 heterocycles. The summed E-state index contributed by atoms with van der Waals surface area (Å²) in [5.41, 5.74) is 9.19. The first-order valence-corrected chi connectivity index (χ1v) is 12.1. The Balaban J connectivity index is 1.39. The van der Waals surface area contributed by atoms with Gasteiger partial charge in [0.2, 0.25) is 11.8 Å². The smallest absolute Gasteiger partial charge is 0.233 e. The summed E-state index contributed by atoms with van der Waals surface area (Å²) in [4.78, 5) is 29.4. The second-order valence-electron chi connectivity index (χ2n) is 10.6. The summed E-state index contributed by atoms with van der Waals surface area (Å²) in [5, 5.41) is 0. The van der Waals surface area contributed by atoms with E-state index in [4.69, 9.17) is 0 Å². The number of nitrogens with zero attached hydrogens (tertiary/aromatic N) is 2. The van der Waals surface area contributed by atoms with E-state index in [1.165, 1.54) is 38.9 Å². The predicted molar refractivity (Wildman–Crippen MR) is 125 cm³/mol. The van der Waals surface area contributed by atoms with Crippen molar-refractivity contribution in [3.05, 3.63) is 69.3 Å². The highest BCUT2D eigenvalue weighted by atomic mass is 16.2. The van der Waals surface area contributed by atoms with Gasteiger partial charge in [-0.05, 0) is 90.8 Å². The molecule has 166 valence electrons. The molecule has 4 nitrogen and oxygen atoms in total. The van der Waals surface area contributed by atoms with Gasteiger partial charge in [0, 0.05) is 27.1 Å². The van der Waals surface area contributed by atoms with E-state index in [0.717, 1.165) is 51.5 Å². The number of carbonyl (C=O) groups is 2. The van der Waals surface area contributed by atoms with Gasteiger partial charge < -0.3 is 9.80 Å². The van der Waals surface area contributed by atoms with Gasteiger partial charge in [-0.15, -0.1) is 0 Å². The van der Waals surface area contributed by atoms with Gasteiger partial charge in [-0.25, -0.2) is 0 Å². The predicted octanol–water partition coefficient (Wildman–Crippen LogP) is 4.03. The van der Waals surface area contributed by atoms with Crippen LogP contribution in [0.15, 0.2) is 30.3 Å². The molecular formula is C28H32N2O2. The molecule has 6 rings (SSSR count). The number of aryl methyl sites for hydroxylation is 1. The van der Waals surface area contributed by atoms with E-state index in [1.807, 2.05) is 23.9 Å². The number of carbonyl (C=O) groups excluding carboxylic acids is 2. The molecule has 0 saturated carbocycles. The molecular weight excluding hydrogens is 396 g/mol. The lowest BCUT2D eigenvalue weighted by Crippen LogP contribution is -2.38. The Hall–Kier alpha value is -2.62. The Morgan fingerprint density at radius 3 is 2.41 bits per heavy atom. The second kappa shape index (κ2) is 6.69. The monoisotopic (exact) mass is 428 g/mol. The zero-order valence-electron chi connectivity index (χ0n) is 19.5. The third-order valence-corrected chi connectivity index (χ3v) is 9.21. The molecule has 4 heteroatoms. The molecule has 2 aromatic rings. The minimum absolute atomic E-state index is 0.100. The first-order valence-electron chi connectivity index (χ1n) is 12.1. The molecule has 2 saturated heterocycles. The molecule has 2 spiro atoms. The molecule has 2 atom stereocenters. The van der Waals surface area contributed by atoms with Crippen LogP contribution in [-0.4, -0.2) is 42.3 Å². The van der Waals surface area contributed by atoms with E-state index < -0.39 is 0 Å². The Kier molecular flexibility index (Phi) is 4.19. The van der Waals surface area contributed by atoms with Gasteiger partial charge in [0.1, 0.15) is 0 Å². The first kappa shape index (κ1) is 20.0. The van der Waals surface area contributed by atoms with Gasteiger partial charge in [-0.1, -0.05) is 30.3 Å². The summed E-state index contributed by atoms with van der Waals surface area (Å²) >= 11 is 0. The van der Waals surface area contributed by atoms with Crippen molar-refractivity contribution in [2.24, 2.45) is 0 Å². The third kappa shape index (κ3) is 2.50. The quantitative estimate of drug-likeness (QED) is 0.725. The van der Waals surface area contributed by atoms with Crippen molar-refractivity contribution in [3.8, 4) is 0 Å². The van der Waals surface area contributed by atoms with E-state index in [2.05, 4.69) is 37.3 Å². The number of fused-ring (bicyclic) bond motifs is 4. The fourth-order valence-electron chi connectivity index (χ4n) is 7.35. The van der Waals surface area contributed by atoms with E-state index in [1.54, 1.807) is 0 Å². The zero-order valence-corrected chi connectivity index (χ0v) is 19.5. The standard InChI is InChI=1S/C28H32N2O2/c1-18-15-19(17-24-21(18)8-11-28(24)12-9-25(31)30(28)3)16-20-5-4-6-23-22(20)7-10-27(23)13-14-29(2)26(27)32/h4-6,15,17H,7-14,16H2,1-3H3. The molecule has 2 fully saturated rings. The number of amides is 2. The van der Waals surface area contributed by atoms with E-state index in [0.29, 0.717) is 12.3 Å². The fraction of sp³-hybridized carbons (Fsp3) is 0.500. The molecule has 4 aliphatic rings. The SMILES string of the molecule is Cc1cc(Cc2cccc3c2CCC32CCN(C)C2=O)cc2c1CCC21CCC(=O)N1C. The lowest BCUT2D eigenvalue weighted by Gasteiger charge is -2.33. The van der Waals surface area contributed by atoms with Gasteiger partial charge in [0.15, 0.2) is 0 Å². The summed E-state index contributed by atoms with van der Waals surface area (Å²) in [5.74, 6) is 0.580. The van der Waals surface area contributed by atoms with Crippen LogP contribution in [0.3, 0.4) is 0 Å². The molecule has 2 aromatic carbocycles. The molecule has 2 aliphatic heterocycles. The van der Waals surface area contributed by atoms with Crippen LogP contribution >= 0.6 is 0 Å². The van der Waals surface area contributed by atoms with Crippen molar-refractivity contribution in [2.75, 3.05) is 20.6 Å². The van der Waals surface area contributed by atoms with E-state index >= 15 is 0 Å². The molecule has 2 unspecified atom stereocenters. The van der Waals surface area contributed by atoms with Gasteiger partial charge in [0.25, 0.3) is 0 Å². The van der Waals surface area contributed by atoms with Gasteiger partial charge in [-0.3, -0.25) is 9.59 Å². The van der Waals surface area contributed by atoms with Gasteiger partial charge >= 0.3 is 0 Å². The third-order valence-electron chi connectivity index (χ3n) is 9.21. The molecule has 2 aliphatic carbocycles. The summed E-state index contributed by atoms with van der Waals surface area (Å²) in [6.45, 7) is 3.09.